The number of rotatable bonds is 2. The third-order valence-electron chi connectivity index (χ3n) is 2.27. The largest absolute Gasteiger partial charge is 0.478 e. The minimum atomic E-state index is -5.15. The van der Waals surface area contributed by atoms with Crippen molar-refractivity contribution in [2.45, 2.75) is 12.4 Å². The SMILES string of the molecule is Nc1c(C(F)(F)F)ccc(/C=C/C(=O)O)c1C(F)(F)F. The number of nitrogens with two attached hydrogens (primary N) is 1. The van der Waals surface area contributed by atoms with Crippen molar-refractivity contribution in [3.63, 3.8) is 0 Å². The molecule has 0 atom stereocenters. The first kappa shape index (κ1) is 15.9. The monoisotopic (exact) mass is 299 g/mol. The Balaban J connectivity index is 3.57. The number of aliphatic carboxylic acids is 1. The van der Waals surface area contributed by atoms with Crippen molar-refractivity contribution < 1.29 is 36.2 Å². The van der Waals surface area contributed by atoms with Gasteiger partial charge in [-0.2, -0.15) is 26.3 Å². The zero-order chi connectivity index (χ0) is 15.7. The van der Waals surface area contributed by atoms with E-state index in [2.05, 4.69) is 0 Å². The van der Waals surface area contributed by atoms with Crippen LogP contribution in [0.5, 0.6) is 0 Å². The molecule has 20 heavy (non-hydrogen) atoms. The van der Waals surface area contributed by atoms with Crippen molar-refractivity contribution in [3.8, 4) is 0 Å². The average molecular weight is 299 g/mol. The lowest BCUT2D eigenvalue weighted by atomic mass is 9.99. The zero-order valence-corrected chi connectivity index (χ0v) is 9.51. The molecule has 9 heteroatoms. The molecule has 0 bridgehead atoms. The van der Waals surface area contributed by atoms with E-state index in [9.17, 15) is 31.1 Å². The van der Waals surface area contributed by atoms with E-state index in [0.29, 0.717) is 24.3 Å². The quantitative estimate of drug-likeness (QED) is 0.500. The number of hydrogen-bond donors (Lipinski definition) is 2. The maximum Gasteiger partial charge on any atom is 0.418 e. The van der Waals surface area contributed by atoms with Crippen LogP contribution < -0.4 is 5.73 Å². The molecule has 0 unspecified atom stereocenters. The van der Waals surface area contributed by atoms with Gasteiger partial charge >= 0.3 is 18.3 Å². The molecule has 1 aromatic rings. The van der Waals surface area contributed by atoms with Crippen LogP contribution in [0.4, 0.5) is 32.0 Å². The molecule has 0 saturated carbocycles. The van der Waals surface area contributed by atoms with E-state index in [0.717, 1.165) is 0 Å². The standard InChI is InChI=1S/C11H7F6NO2/c12-10(13,14)6-3-1-5(2-4-7(19)20)8(9(6)18)11(15,16)17/h1-4H,18H2,(H,19,20)/b4-2+. The number of nitrogen functional groups attached to an aromatic ring is 1. The molecular formula is C11H7F6NO2. The highest BCUT2D eigenvalue weighted by molar-refractivity contribution is 5.86. The summed E-state index contributed by atoms with van der Waals surface area (Å²) >= 11 is 0. The van der Waals surface area contributed by atoms with Gasteiger partial charge in [0.05, 0.1) is 16.8 Å². The van der Waals surface area contributed by atoms with Crippen LogP contribution in [0.1, 0.15) is 16.7 Å². The van der Waals surface area contributed by atoms with E-state index >= 15 is 0 Å². The number of halogens is 6. The van der Waals surface area contributed by atoms with Crippen LogP contribution >= 0.6 is 0 Å². The van der Waals surface area contributed by atoms with Crippen molar-refractivity contribution in [3.05, 3.63) is 34.9 Å². The first-order chi connectivity index (χ1) is 8.94. The Labute approximate surface area is 108 Å². The topological polar surface area (TPSA) is 63.3 Å². The van der Waals surface area contributed by atoms with Gasteiger partial charge in [0.2, 0.25) is 0 Å². The van der Waals surface area contributed by atoms with Crippen molar-refractivity contribution in [1.82, 2.24) is 0 Å². The average Bonchev–Trinajstić information content (AvgIpc) is 2.22. The Bertz CT molecular complexity index is 559. The summed E-state index contributed by atoms with van der Waals surface area (Å²) in [7, 11) is 0. The molecule has 0 heterocycles. The molecule has 0 aliphatic carbocycles. The highest BCUT2D eigenvalue weighted by atomic mass is 19.4. The molecular weight excluding hydrogens is 292 g/mol. The number of carboxylic acid groups (broad SMARTS) is 1. The van der Waals surface area contributed by atoms with E-state index in [-0.39, 0.29) is 0 Å². The highest BCUT2D eigenvalue weighted by Gasteiger charge is 2.41. The number of carboxylic acids is 1. The third-order valence-corrected chi connectivity index (χ3v) is 2.27. The number of alkyl halides is 6. The molecule has 0 saturated heterocycles. The van der Waals surface area contributed by atoms with Gasteiger partial charge in [-0.05, 0) is 17.7 Å². The summed E-state index contributed by atoms with van der Waals surface area (Å²) in [6.45, 7) is 0. The van der Waals surface area contributed by atoms with Crippen LogP contribution in [0, 0.1) is 0 Å². The number of benzene rings is 1. The Morgan fingerprint density at radius 2 is 1.65 bits per heavy atom. The maximum atomic E-state index is 12.8. The maximum absolute atomic E-state index is 12.8. The fourth-order valence-electron chi connectivity index (χ4n) is 1.50. The van der Waals surface area contributed by atoms with E-state index in [1.54, 1.807) is 0 Å². The summed E-state index contributed by atoms with van der Waals surface area (Å²) < 4.78 is 75.8. The second-order valence-electron chi connectivity index (χ2n) is 3.66. The molecule has 0 radical (unpaired) electrons. The van der Waals surface area contributed by atoms with Crippen LogP contribution in [0.25, 0.3) is 6.08 Å². The smallest absolute Gasteiger partial charge is 0.418 e. The van der Waals surface area contributed by atoms with Crippen LogP contribution in [0.3, 0.4) is 0 Å². The predicted octanol–water partition coefficient (Wildman–Crippen LogP) is 3.40. The van der Waals surface area contributed by atoms with Gasteiger partial charge in [-0.3, -0.25) is 0 Å². The number of anilines is 1. The van der Waals surface area contributed by atoms with Crippen LogP contribution in [-0.4, -0.2) is 11.1 Å². The molecule has 3 nitrogen and oxygen atoms in total. The van der Waals surface area contributed by atoms with Crippen molar-refractivity contribution >= 4 is 17.7 Å². The lowest BCUT2D eigenvalue weighted by Gasteiger charge is -2.18. The molecule has 0 spiro atoms. The molecule has 0 fully saturated rings. The van der Waals surface area contributed by atoms with Gasteiger partial charge in [0, 0.05) is 6.08 Å². The number of carbonyl (C=O) groups is 1. The van der Waals surface area contributed by atoms with Crippen molar-refractivity contribution in [2.24, 2.45) is 0 Å². The second kappa shape index (κ2) is 5.06. The summed E-state index contributed by atoms with van der Waals surface area (Å²) in [6, 6.07) is 0.882. The molecule has 1 rings (SSSR count). The zero-order valence-electron chi connectivity index (χ0n) is 9.51. The minimum absolute atomic E-state index is 0.367. The summed E-state index contributed by atoms with van der Waals surface area (Å²) in [5.74, 6) is -1.54. The van der Waals surface area contributed by atoms with Crippen LogP contribution in [-0.2, 0) is 17.1 Å². The molecule has 0 aliphatic heterocycles. The fourth-order valence-corrected chi connectivity index (χ4v) is 1.50. The summed E-state index contributed by atoms with van der Waals surface area (Å²) in [5, 5.41) is 8.34. The molecule has 1 aromatic carbocycles. The van der Waals surface area contributed by atoms with E-state index in [1.807, 2.05) is 0 Å². The van der Waals surface area contributed by atoms with Crippen molar-refractivity contribution in [1.29, 1.82) is 0 Å². The fraction of sp³-hybridized carbons (Fsp3) is 0.182. The van der Waals surface area contributed by atoms with Gasteiger partial charge in [-0.15, -0.1) is 0 Å². The van der Waals surface area contributed by atoms with Gasteiger partial charge in [0.15, 0.2) is 0 Å². The second-order valence-corrected chi connectivity index (χ2v) is 3.66. The van der Waals surface area contributed by atoms with Crippen molar-refractivity contribution in [2.75, 3.05) is 5.73 Å². The van der Waals surface area contributed by atoms with Gasteiger partial charge in [-0.25, -0.2) is 4.79 Å². The normalized spacial score (nSPS) is 12.9. The van der Waals surface area contributed by atoms with E-state index in [1.165, 1.54) is 0 Å². The summed E-state index contributed by atoms with van der Waals surface area (Å²) in [6.07, 6.45) is -9.29. The predicted molar refractivity (Wildman–Crippen MR) is 57.5 cm³/mol. The molecule has 0 aromatic heterocycles. The van der Waals surface area contributed by atoms with Gasteiger partial charge in [-0.1, -0.05) is 6.07 Å². The first-order valence-corrected chi connectivity index (χ1v) is 4.92. The van der Waals surface area contributed by atoms with Gasteiger partial charge in [0.1, 0.15) is 0 Å². The lowest BCUT2D eigenvalue weighted by Crippen LogP contribution is -2.17. The Morgan fingerprint density at radius 3 is 2.05 bits per heavy atom. The molecule has 110 valence electrons. The van der Waals surface area contributed by atoms with E-state index < -0.39 is 40.7 Å². The minimum Gasteiger partial charge on any atom is -0.478 e. The Hall–Kier alpha value is -2.19. The summed E-state index contributed by atoms with van der Waals surface area (Å²) in [4.78, 5) is 10.3. The number of hydrogen-bond acceptors (Lipinski definition) is 2. The third kappa shape index (κ3) is 3.43. The summed E-state index contributed by atoms with van der Waals surface area (Å²) in [5.41, 5.74) is -0.651. The van der Waals surface area contributed by atoms with Gasteiger partial charge in [0.25, 0.3) is 0 Å². The van der Waals surface area contributed by atoms with Crippen LogP contribution in [0.2, 0.25) is 0 Å². The first-order valence-electron chi connectivity index (χ1n) is 4.92. The molecule has 0 aliphatic rings. The Kier molecular flexibility index (Phi) is 4.02. The van der Waals surface area contributed by atoms with Crippen LogP contribution in [0.15, 0.2) is 18.2 Å². The highest BCUT2D eigenvalue weighted by Crippen LogP contribution is 2.43. The Morgan fingerprint density at radius 1 is 1.10 bits per heavy atom. The lowest BCUT2D eigenvalue weighted by molar-refractivity contribution is -0.142. The van der Waals surface area contributed by atoms with E-state index in [4.69, 9.17) is 10.8 Å². The van der Waals surface area contributed by atoms with Gasteiger partial charge < -0.3 is 10.8 Å². The molecule has 3 N–H and O–H groups in total. The molecule has 0 amide bonds.